The van der Waals surface area contributed by atoms with Crippen LogP contribution in [0.15, 0.2) is 30.5 Å². The molecule has 2 aromatic rings. The van der Waals surface area contributed by atoms with E-state index in [1.54, 1.807) is 0 Å². The average molecular weight is 304 g/mol. The highest BCUT2D eigenvalue weighted by Crippen LogP contribution is 2.28. The van der Waals surface area contributed by atoms with Gasteiger partial charge in [-0.05, 0) is 29.8 Å². The van der Waals surface area contributed by atoms with Gasteiger partial charge in [0.1, 0.15) is 5.69 Å². The first kappa shape index (κ1) is 15.0. The van der Waals surface area contributed by atoms with Gasteiger partial charge in [-0.15, -0.1) is 0 Å². The summed E-state index contributed by atoms with van der Waals surface area (Å²) in [5.41, 5.74) is -0.589. The molecule has 0 saturated heterocycles. The summed E-state index contributed by atoms with van der Waals surface area (Å²) >= 11 is 0. The highest BCUT2D eigenvalue weighted by molar-refractivity contribution is 5.42. The lowest BCUT2D eigenvalue weighted by Crippen LogP contribution is -2.08. The molecule has 0 bridgehead atoms. The molecule has 0 saturated carbocycles. The van der Waals surface area contributed by atoms with Crippen LogP contribution in [-0.4, -0.2) is 10.1 Å². The largest absolute Gasteiger partial charge is 0.503 e. The van der Waals surface area contributed by atoms with E-state index < -0.39 is 29.3 Å². The number of nitrogens with zero attached hydrogens (tertiary/aromatic N) is 1. The minimum atomic E-state index is -4.53. The van der Waals surface area contributed by atoms with Crippen LogP contribution in [0.2, 0.25) is 0 Å². The van der Waals surface area contributed by atoms with Gasteiger partial charge in [0, 0.05) is 6.54 Å². The van der Waals surface area contributed by atoms with Gasteiger partial charge in [-0.1, -0.05) is 0 Å². The van der Waals surface area contributed by atoms with E-state index in [0.717, 1.165) is 30.5 Å². The molecule has 0 aliphatic heterocycles. The Bertz CT molecular complexity index is 617. The number of hydrogen-bond donors (Lipinski definition) is 2. The van der Waals surface area contributed by atoms with Crippen LogP contribution in [-0.2, 0) is 12.7 Å². The standard InChI is InChI=1S/C13H9F5N2O/c14-9-3-7(4-10(15)12(9)21)5-19-8-1-2-11(20-6-8)13(16,17)18/h1-4,6,19,21H,5H2. The van der Waals surface area contributed by atoms with Gasteiger partial charge < -0.3 is 10.4 Å². The van der Waals surface area contributed by atoms with E-state index >= 15 is 0 Å². The summed E-state index contributed by atoms with van der Waals surface area (Å²) in [5.74, 6) is -3.30. The fourth-order valence-electron chi connectivity index (χ4n) is 1.59. The highest BCUT2D eigenvalue weighted by atomic mass is 19.4. The maximum Gasteiger partial charge on any atom is 0.433 e. The van der Waals surface area contributed by atoms with E-state index in [1.807, 2.05) is 0 Å². The van der Waals surface area contributed by atoms with Crippen LogP contribution in [0.3, 0.4) is 0 Å². The molecule has 0 aliphatic rings. The molecule has 112 valence electrons. The molecule has 0 amide bonds. The molecule has 0 radical (unpaired) electrons. The van der Waals surface area contributed by atoms with E-state index in [4.69, 9.17) is 5.11 Å². The fraction of sp³-hybridized carbons (Fsp3) is 0.154. The number of hydrogen-bond acceptors (Lipinski definition) is 3. The van der Waals surface area contributed by atoms with Gasteiger partial charge in [0.15, 0.2) is 17.4 Å². The molecule has 0 spiro atoms. The minimum Gasteiger partial charge on any atom is -0.503 e. The Morgan fingerprint density at radius 2 is 1.71 bits per heavy atom. The Morgan fingerprint density at radius 3 is 2.19 bits per heavy atom. The number of aromatic hydroxyl groups is 1. The first-order valence-corrected chi connectivity index (χ1v) is 5.71. The zero-order valence-electron chi connectivity index (χ0n) is 10.4. The van der Waals surface area contributed by atoms with Crippen LogP contribution >= 0.6 is 0 Å². The second-order valence-electron chi connectivity index (χ2n) is 4.19. The van der Waals surface area contributed by atoms with Gasteiger partial charge in [-0.2, -0.15) is 13.2 Å². The van der Waals surface area contributed by atoms with Crippen LogP contribution in [0, 0.1) is 11.6 Å². The van der Waals surface area contributed by atoms with Crippen LogP contribution in [0.25, 0.3) is 0 Å². The molecular formula is C13H9F5N2O. The Balaban J connectivity index is 2.07. The van der Waals surface area contributed by atoms with E-state index in [9.17, 15) is 22.0 Å². The van der Waals surface area contributed by atoms with Crippen molar-refractivity contribution in [1.82, 2.24) is 4.98 Å². The number of benzene rings is 1. The number of alkyl halides is 3. The Kier molecular flexibility index (Phi) is 3.97. The molecule has 0 aliphatic carbocycles. The number of nitrogens with one attached hydrogen (secondary N) is 1. The molecule has 0 atom stereocenters. The summed E-state index contributed by atoms with van der Waals surface area (Å²) < 4.78 is 63.1. The van der Waals surface area contributed by atoms with Gasteiger partial charge in [-0.3, -0.25) is 0 Å². The summed E-state index contributed by atoms with van der Waals surface area (Å²) in [5, 5.41) is 11.6. The number of anilines is 1. The van der Waals surface area contributed by atoms with Crippen LogP contribution < -0.4 is 5.32 Å². The number of phenolic OH excluding ortho intramolecular Hbond substituents is 1. The lowest BCUT2D eigenvalue weighted by Gasteiger charge is -2.09. The van der Waals surface area contributed by atoms with Crippen LogP contribution in [0.1, 0.15) is 11.3 Å². The van der Waals surface area contributed by atoms with Crippen molar-refractivity contribution >= 4 is 5.69 Å². The lowest BCUT2D eigenvalue weighted by atomic mass is 10.2. The predicted octanol–water partition coefficient (Wildman–Crippen LogP) is 3.70. The molecule has 1 heterocycles. The third-order valence-corrected chi connectivity index (χ3v) is 2.63. The number of phenols is 1. The van der Waals surface area contributed by atoms with Gasteiger partial charge in [-0.25, -0.2) is 13.8 Å². The maximum atomic E-state index is 13.1. The molecule has 0 unspecified atom stereocenters. The average Bonchev–Trinajstić information content (AvgIpc) is 2.42. The third-order valence-electron chi connectivity index (χ3n) is 2.63. The molecule has 8 heteroatoms. The Hall–Kier alpha value is -2.38. The summed E-state index contributed by atoms with van der Waals surface area (Å²) in [6.45, 7) is -0.0405. The van der Waals surface area contributed by atoms with Crippen LogP contribution in [0.5, 0.6) is 5.75 Å². The molecule has 1 aromatic heterocycles. The van der Waals surface area contributed by atoms with E-state index in [-0.39, 0.29) is 17.8 Å². The zero-order valence-corrected chi connectivity index (χ0v) is 10.4. The van der Waals surface area contributed by atoms with Crippen molar-refractivity contribution in [3.05, 3.63) is 53.4 Å². The van der Waals surface area contributed by atoms with Gasteiger partial charge in [0.2, 0.25) is 0 Å². The Morgan fingerprint density at radius 1 is 1.10 bits per heavy atom. The second-order valence-corrected chi connectivity index (χ2v) is 4.19. The number of halogens is 5. The lowest BCUT2D eigenvalue weighted by molar-refractivity contribution is -0.141. The molecule has 0 fully saturated rings. The van der Waals surface area contributed by atoms with Crippen molar-refractivity contribution in [3.63, 3.8) is 0 Å². The number of rotatable bonds is 3. The summed E-state index contributed by atoms with van der Waals surface area (Å²) in [4.78, 5) is 3.24. The van der Waals surface area contributed by atoms with Crippen molar-refractivity contribution in [2.24, 2.45) is 0 Å². The van der Waals surface area contributed by atoms with E-state index in [2.05, 4.69) is 10.3 Å². The van der Waals surface area contributed by atoms with Crippen molar-refractivity contribution in [2.45, 2.75) is 12.7 Å². The zero-order chi connectivity index (χ0) is 15.6. The van der Waals surface area contributed by atoms with Crippen molar-refractivity contribution in [3.8, 4) is 5.75 Å². The molecule has 3 nitrogen and oxygen atoms in total. The number of pyridine rings is 1. The molecule has 2 rings (SSSR count). The second kappa shape index (κ2) is 5.55. The van der Waals surface area contributed by atoms with Gasteiger partial charge in [0.05, 0.1) is 11.9 Å². The van der Waals surface area contributed by atoms with Gasteiger partial charge in [0.25, 0.3) is 0 Å². The SMILES string of the molecule is Oc1c(F)cc(CNc2ccc(C(F)(F)F)nc2)cc1F. The minimum absolute atomic E-state index is 0.0405. The topological polar surface area (TPSA) is 45.1 Å². The molecule has 1 aromatic carbocycles. The molecule has 2 N–H and O–H groups in total. The first-order valence-electron chi connectivity index (χ1n) is 5.71. The quantitative estimate of drug-likeness (QED) is 0.850. The number of aromatic nitrogens is 1. The monoisotopic (exact) mass is 304 g/mol. The van der Waals surface area contributed by atoms with Crippen molar-refractivity contribution in [2.75, 3.05) is 5.32 Å². The molecular weight excluding hydrogens is 295 g/mol. The van der Waals surface area contributed by atoms with Crippen molar-refractivity contribution < 1.29 is 27.1 Å². The summed E-state index contributed by atoms with van der Waals surface area (Å²) in [6, 6.07) is 3.79. The summed E-state index contributed by atoms with van der Waals surface area (Å²) in [7, 11) is 0. The highest BCUT2D eigenvalue weighted by Gasteiger charge is 2.31. The smallest absolute Gasteiger partial charge is 0.433 e. The van der Waals surface area contributed by atoms with Gasteiger partial charge >= 0.3 is 6.18 Å². The summed E-state index contributed by atoms with van der Waals surface area (Å²) in [6.07, 6.45) is -3.56. The third kappa shape index (κ3) is 3.59. The van der Waals surface area contributed by atoms with E-state index in [1.165, 1.54) is 0 Å². The van der Waals surface area contributed by atoms with E-state index in [0.29, 0.717) is 0 Å². The Labute approximate surface area is 116 Å². The van der Waals surface area contributed by atoms with Crippen molar-refractivity contribution in [1.29, 1.82) is 0 Å². The first-order chi connectivity index (χ1) is 9.77. The fourth-order valence-corrected chi connectivity index (χ4v) is 1.59. The predicted molar refractivity (Wildman–Crippen MR) is 64.6 cm³/mol. The normalized spacial score (nSPS) is 11.5. The van der Waals surface area contributed by atoms with Crippen LogP contribution in [0.4, 0.5) is 27.6 Å². The maximum absolute atomic E-state index is 13.1. The molecule has 21 heavy (non-hydrogen) atoms.